The summed E-state index contributed by atoms with van der Waals surface area (Å²) in [7, 11) is 0. The third kappa shape index (κ3) is 5.69. The molecule has 0 spiro atoms. The summed E-state index contributed by atoms with van der Waals surface area (Å²) in [4.78, 5) is 3.82. The highest BCUT2D eigenvalue weighted by atomic mass is 32.2. The molecule has 158 valence electrons. The first-order chi connectivity index (χ1) is 13.8. The molecule has 2 aromatic carbocycles. The fourth-order valence-electron chi connectivity index (χ4n) is 4.00. The van der Waals surface area contributed by atoms with Gasteiger partial charge in [0.15, 0.2) is 0 Å². The second-order valence-corrected chi connectivity index (χ2v) is 10.5. The van der Waals surface area contributed by atoms with Crippen LogP contribution >= 0.6 is 11.8 Å². The Morgan fingerprint density at radius 2 is 1.90 bits per heavy atom. The quantitative estimate of drug-likeness (QED) is 0.489. The molecule has 0 radical (unpaired) electrons. The lowest BCUT2D eigenvalue weighted by molar-refractivity contribution is 0.389. The van der Waals surface area contributed by atoms with E-state index in [1.165, 1.54) is 27.4 Å². The summed E-state index contributed by atoms with van der Waals surface area (Å²) >= 11 is 1.92. The van der Waals surface area contributed by atoms with Crippen molar-refractivity contribution in [3.05, 3.63) is 52.8 Å². The van der Waals surface area contributed by atoms with Crippen LogP contribution in [0.2, 0.25) is 0 Å². The van der Waals surface area contributed by atoms with Gasteiger partial charge in [0.25, 0.3) is 0 Å². The Morgan fingerprint density at radius 1 is 1.17 bits per heavy atom. The van der Waals surface area contributed by atoms with Gasteiger partial charge in [0.05, 0.1) is 5.69 Å². The maximum absolute atomic E-state index is 13.3. The van der Waals surface area contributed by atoms with E-state index in [0.717, 1.165) is 50.2 Å². The van der Waals surface area contributed by atoms with Gasteiger partial charge in [0, 0.05) is 30.2 Å². The highest BCUT2D eigenvalue weighted by molar-refractivity contribution is 7.99. The van der Waals surface area contributed by atoms with Gasteiger partial charge >= 0.3 is 0 Å². The summed E-state index contributed by atoms with van der Waals surface area (Å²) in [6.07, 6.45) is 3.44. The molecule has 1 heterocycles. The van der Waals surface area contributed by atoms with E-state index >= 15 is 0 Å². The number of benzene rings is 2. The first kappa shape index (κ1) is 22.0. The van der Waals surface area contributed by atoms with E-state index in [4.69, 9.17) is 0 Å². The minimum Gasteiger partial charge on any atom is -0.384 e. The van der Waals surface area contributed by atoms with Crippen LogP contribution in [0.3, 0.4) is 0 Å². The van der Waals surface area contributed by atoms with Crippen LogP contribution in [0.25, 0.3) is 0 Å². The lowest BCUT2D eigenvalue weighted by Crippen LogP contribution is -2.29. The Morgan fingerprint density at radius 3 is 2.55 bits per heavy atom. The Bertz CT molecular complexity index is 824. The van der Waals surface area contributed by atoms with Crippen LogP contribution in [0.15, 0.2) is 35.2 Å². The molecule has 1 aliphatic heterocycles. The van der Waals surface area contributed by atoms with E-state index < -0.39 is 0 Å². The van der Waals surface area contributed by atoms with E-state index in [9.17, 15) is 4.39 Å². The molecule has 0 amide bonds. The third-order valence-electron chi connectivity index (χ3n) is 5.61. The van der Waals surface area contributed by atoms with Crippen LogP contribution in [0.4, 0.5) is 15.8 Å². The monoisotopic (exact) mass is 414 g/mol. The van der Waals surface area contributed by atoms with Gasteiger partial charge < -0.3 is 10.2 Å². The van der Waals surface area contributed by atoms with Crippen molar-refractivity contribution in [2.75, 3.05) is 29.1 Å². The largest absolute Gasteiger partial charge is 0.384 e. The number of anilines is 2. The molecule has 0 saturated heterocycles. The van der Waals surface area contributed by atoms with Gasteiger partial charge in [-0.25, -0.2) is 4.39 Å². The highest BCUT2D eigenvalue weighted by Crippen LogP contribution is 2.41. The molecule has 2 aromatic rings. The van der Waals surface area contributed by atoms with Crippen LogP contribution in [0, 0.1) is 18.2 Å². The molecule has 4 heteroatoms. The summed E-state index contributed by atoms with van der Waals surface area (Å²) in [5, 5.41) is 3.76. The summed E-state index contributed by atoms with van der Waals surface area (Å²) in [6.45, 7) is 14.3. The summed E-state index contributed by atoms with van der Waals surface area (Å²) in [5.41, 5.74) is 7.04. The van der Waals surface area contributed by atoms with Crippen molar-refractivity contribution in [1.82, 2.24) is 0 Å². The third-order valence-corrected chi connectivity index (χ3v) is 6.53. The average Bonchev–Trinajstić information content (AvgIpc) is 2.66. The van der Waals surface area contributed by atoms with E-state index in [1.54, 1.807) is 12.1 Å². The van der Waals surface area contributed by atoms with Crippen molar-refractivity contribution in [2.45, 2.75) is 65.3 Å². The zero-order valence-corrected chi connectivity index (χ0v) is 19.4. The fourth-order valence-corrected chi connectivity index (χ4v) is 4.88. The van der Waals surface area contributed by atoms with Crippen LogP contribution in [0.1, 0.15) is 57.2 Å². The smallest absolute Gasteiger partial charge is 0.123 e. The summed E-state index contributed by atoms with van der Waals surface area (Å²) in [6, 6.07) is 9.32. The molecule has 0 unspecified atom stereocenters. The molecule has 2 nitrogen and oxygen atoms in total. The molecular weight excluding hydrogens is 379 g/mol. The lowest BCUT2D eigenvalue weighted by Gasteiger charge is -2.34. The molecule has 0 aliphatic carbocycles. The molecule has 1 N–H and O–H groups in total. The van der Waals surface area contributed by atoms with E-state index in [0.29, 0.717) is 5.41 Å². The minimum absolute atomic E-state index is 0.170. The second-order valence-electron chi connectivity index (χ2n) is 9.19. The Kier molecular flexibility index (Phi) is 7.15. The Balaban J connectivity index is 1.89. The highest BCUT2D eigenvalue weighted by Gasteiger charge is 2.23. The number of halogens is 1. The van der Waals surface area contributed by atoms with E-state index in [1.807, 2.05) is 23.9 Å². The van der Waals surface area contributed by atoms with Gasteiger partial charge in [-0.3, -0.25) is 0 Å². The molecule has 1 aliphatic rings. The Hall–Kier alpha value is -1.68. The van der Waals surface area contributed by atoms with Gasteiger partial charge in [-0.1, -0.05) is 39.8 Å². The normalized spacial score (nSPS) is 14.1. The number of thioether (sulfide) groups is 1. The van der Waals surface area contributed by atoms with Crippen molar-refractivity contribution in [2.24, 2.45) is 5.41 Å². The SMILES string of the molecule is CCSc1cc2c(c(C)c1NCCC(C)(C)C)CCCN2Cc1ccc(F)cc1. The number of fused-ring (bicyclic) bond motifs is 1. The number of hydrogen-bond donors (Lipinski definition) is 1. The molecule has 0 saturated carbocycles. The van der Waals surface area contributed by atoms with Gasteiger partial charge in [-0.15, -0.1) is 11.8 Å². The second kappa shape index (κ2) is 9.42. The summed E-state index contributed by atoms with van der Waals surface area (Å²) < 4.78 is 13.3. The topological polar surface area (TPSA) is 15.3 Å². The standard InChI is InChI=1S/C25H35FN2S/c1-6-29-23-16-22-21(18(2)24(23)27-14-13-25(3,4)5)8-7-15-28(22)17-19-9-11-20(26)12-10-19/h9-12,16,27H,6-8,13-15,17H2,1-5H3. The van der Waals surface area contributed by atoms with Crippen LogP contribution < -0.4 is 10.2 Å². The molecule has 0 atom stereocenters. The first-order valence-electron chi connectivity index (χ1n) is 10.8. The van der Waals surface area contributed by atoms with Crippen LogP contribution in [0.5, 0.6) is 0 Å². The number of nitrogens with one attached hydrogen (secondary N) is 1. The maximum Gasteiger partial charge on any atom is 0.123 e. The number of nitrogens with zero attached hydrogens (tertiary/aromatic N) is 1. The Labute approximate surface area is 180 Å². The van der Waals surface area contributed by atoms with E-state index in [2.05, 4.69) is 50.9 Å². The van der Waals surface area contributed by atoms with Crippen molar-refractivity contribution < 1.29 is 4.39 Å². The molecule has 3 rings (SSSR count). The molecular formula is C25H35FN2S. The van der Waals surface area contributed by atoms with Crippen molar-refractivity contribution in [3.8, 4) is 0 Å². The van der Waals surface area contributed by atoms with Gasteiger partial charge in [-0.2, -0.15) is 0 Å². The summed E-state index contributed by atoms with van der Waals surface area (Å²) in [5.74, 6) is 0.890. The number of hydrogen-bond acceptors (Lipinski definition) is 3. The predicted molar refractivity (Wildman–Crippen MR) is 126 cm³/mol. The van der Waals surface area contributed by atoms with Crippen LogP contribution in [-0.2, 0) is 13.0 Å². The molecule has 0 fully saturated rings. The zero-order valence-electron chi connectivity index (χ0n) is 18.6. The molecule has 29 heavy (non-hydrogen) atoms. The number of rotatable bonds is 7. The van der Waals surface area contributed by atoms with Crippen molar-refractivity contribution >= 4 is 23.1 Å². The predicted octanol–water partition coefficient (Wildman–Crippen LogP) is 7.05. The van der Waals surface area contributed by atoms with E-state index in [-0.39, 0.29) is 5.82 Å². The lowest BCUT2D eigenvalue weighted by atomic mass is 9.92. The molecule has 0 bridgehead atoms. The fraction of sp³-hybridized carbons (Fsp3) is 0.520. The van der Waals surface area contributed by atoms with Gasteiger partial charge in [0.2, 0.25) is 0 Å². The van der Waals surface area contributed by atoms with Gasteiger partial charge in [-0.05, 0) is 72.2 Å². The molecule has 0 aromatic heterocycles. The van der Waals surface area contributed by atoms with Crippen LogP contribution in [-0.4, -0.2) is 18.8 Å². The van der Waals surface area contributed by atoms with Crippen molar-refractivity contribution in [3.63, 3.8) is 0 Å². The van der Waals surface area contributed by atoms with Crippen molar-refractivity contribution in [1.29, 1.82) is 0 Å². The average molecular weight is 415 g/mol. The minimum atomic E-state index is -0.170. The zero-order chi connectivity index (χ0) is 21.0. The maximum atomic E-state index is 13.3. The first-order valence-corrected chi connectivity index (χ1v) is 11.8. The van der Waals surface area contributed by atoms with Gasteiger partial charge in [0.1, 0.15) is 5.82 Å².